The first kappa shape index (κ1) is 25.6. The second-order valence-electron chi connectivity index (χ2n) is 8.65. The van der Waals surface area contributed by atoms with E-state index in [1.165, 1.54) is 9.71 Å². The smallest absolute Gasteiger partial charge is 0.308 e. The SMILES string of the molecule is CC(C)OC(=O)CC(NC(=O)C1CCN(S(=O)(=O)/C=C/c2ccccc2)CC1)c1ccccc1. The molecular formula is C26H32N2O5S. The number of amides is 1. The number of sulfonamides is 1. The van der Waals surface area contributed by atoms with Crippen molar-refractivity contribution in [2.24, 2.45) is 5.92 Å². The lowest BCUT2D eigenvalue weighted by Crippen LogP contribution is -2.43. The van der Waals surface area contributed by atoms with Crippen LogP contribution >= 0.6 is 0 Å². The molecule has 2 aromatic carbocycles. The molecule has 8 heteroatoms. The molecule has 1 fully saturated rings. The van der Waals surface area contributed by atoms with Gasteiger partial charge in [-0.25, -0.2) is 8.42 Å². The Hall–Kier alpha value is -2.97. The molecule has 3 rings (SSSR count). The zero-order chi connectivity index (χ0) is 24.6. The molecule has 1 amide bonds. The van der Waals surface area contributed by atoms with Crippen LogP contribution < -0.4 is 5.32 Å². The van der Waals surface area contributed by atoms with E-state index in [-0.39, 0.29) is 43.4 Å². The number of ether oxygens (including phenoxy) is 1. The van der Waals surface area contributed by atoms with Gasteiger partial charge in [-0.05, 0) is 43.9 Å². The Morgan fingerprint density at radius 3 is 2.21 bits per heavy atom. The summed E-state index contributed by atoms with van der Waals surface area (Å²) in [6, 6.07) is 18.0. The Bertz CT molecular complexity index is 1080. The molecule has 0 radical (unpaired) electrons. The minimum atomic E-state index is -3.56. The van der Waals surface area contributed by atoms with Crippen LogP contribution in [0.3, 0.4) is 0 Å². The van der Waals surface area contributed by atoms with Crippen LogP contribution in [0.1, 0.15) is 50.3 Å². The molecule has 1 saturated heterocycles. The number of hydrogen-bond donors (Lipinski definition) is 1. The van der Waals surface area contributed by atoms with E-state index in [4.69, 9.17) is 4.74 Å². The molecular weight excluding hydrogens is 452 g/mol. The van der Waals surface area contributed by atoms with Crippen LogP contribution in [-0.2, 0) is 24.3 Å². The molecule has 7 nitrogen and oxygen atoms in total. The van der Waals surface area contributed by atoms with Crippen molar-refractivity contribution in [1.82, 2.24) is 9.62 Å². The van der Waals surface area contributed by atoms with Crippen LogP contribution in [-0.4, -0.2) is 43.8 Å². The number of benzene rings is 2. The van der Waals surface area contributed by atoms with Gasteiger partial charge >= 0.3 is 5.97 Å². The maximum atomic E-state index is 13.0. The Balaban J connectivity index is 1.59. The summed E-state index contributed by atoms with van der Waals surface area (Å²) in [5.41, 5.74) is 1.63. The molecule has 34 heavy (non-hydrogen) atoms. The van der Waals surface area contributed by atoms with E-state index in [2.05, 4.69) is 5.32 Å². The summed E-state index contributed by atoms with van der Waals surface area (Å²) >= 11 is 0. The zero-order valence-corrected chi connectivity index (χ0v) is 20.4. The zero-order valence-electron chi connectivity index (χ0n) is 19.6. The standard InChI is InChI=1S/C26H32N2O5S/c1-20(2)33-25(29)19-24(22-11-7-4-8-12-22)27-26(30)23-13-16-28(17-14-23)34(31,32)18-15-21-9-5-3-6-10-21/h3-12,15,18,20,23-24H,13-14,16-17,19H2,1-2H3,(H,27,30)/b18-15+. The monoisotopic (exact) mass is 484 g/mol. The minimum absolute atomic E-state index is 0.0332. The predicted octanol–water partition coefficient (Wildman–Crippen LogP) is 3.90. The van der Waals surface area contributed by atoms with Gasteiger partial charge in [-0.2, -0.15) is 4.31 Å². The number of esters is 1. The molecule has 0 saturated carbocycles. The van der Waals surface area contributed by atoms with Gasteiger partial charge in [-0.3, -0.25) is 9.59 Å². The van der Waals surface area contributed by atoms with E-state index in [0.29, 0.717) is 12.8 Å². The lowest BCUT2D eigenvalue weighted by Gasteiger charge is -2.30. The number of nitrogens with one attached hydrogen (secondary N) is 1. The average Bonchev–Trinajstić information content (AvgIpc) is 2.83. The Morgan fingerprint density at radius 1 is 1.03 bits per heavy atom. The molecule has 0 aliphatic carbocycles. The van der Waals surface area contributed by atoms with Crippen LogP contribution in [0.15, 0.2) is 66.1 Å². The summed E-state index contributed by atoms with van der Waals surface area (Å²) in [7, 11) is -3.56. The van der Waals surface area contributed by atoms with E-state index in [9.17, 15) is 18.0 Å². The van der Waals surface area contributed by atoms with Crippen LogP contribution in [0.4, 0.5) is 0 Å². The average molecular weight is 485 g/mol. The van der Waals surface area contributed by atoms with Gasteiger partial charge in [0.2, 0.25) is 15.9 Å². The molecule has 0 spiro atoms. The Kier molecular flexibility index (Phi) is 9.01. The van der Waals surface area contributed by atoms with E-state index in [0.717, 1.165) is 11.1 Å². The number of carbonyl (C=O) groups is 2. The topological polar surface area (TPSA) is 92.8 Å². The maximum Gasteiger partial charge on any atom is 0.308 e. The van der Waals surface area contributed by atoms with Gasteiger partial charge in [0.15, 0.2) is 0 Å². The van der Waals surface area contributed by atoms with E-state index in [1.807, 2.05) is 60.7 Å². The fourth-order valence-corrected chi connectivity index (χ4v) is 5.11. The third-order valence-corrected chi connectivity index (χ3v) is 7.24. The normalized spacial score (nSPS) is 16.4. The fourth-order valence-electron chi connectivity index (χ4n) is 3.89. The quantitative estimate of drug-likeness (QED) is 0.545. The molecule has 0 bridgehead atoms. The lowest BCUT2D eigenvalue weighted by molar-refractivity contribution is -0.148. The Labute approximate surface area is 201 Å². The molecule has 1 aliphatic heterocycles. The van der Waals surface area contributed by atoms with Gasteiger partial charge in [0, 0.05) is 24.4 Å². The highest BCUT2D eigenvalue weighted by Crippen LogP contribution is 2.24. The first-order valence-electron chi connectivity index (χ1n) is 11.5. The summed E-state index contributed by atoms with van der Waals surface area (Å²) in [5.74, 6) is -0.879. The van der Waals surface area contributed by atoms with Crippen molar-refractivity contribution < 1.29 is 22.7 Å². The second-order valence-corrected chi connectivity index (χ2v) is 10.5. The van der Waals surface area contributed by atoms with Gasteiger partial charge in [0.05, 0.1) is 18.6 Å². The van der Waals surface area contributed by atoms with Crippen LogP contribution in [0.5, 0.6) is 0 Å². The summed E-state index contributed by atoms with van der Waals surface area (Å²) in [6.07, 6.45) is 2.21. The highest BCUT2D eigenvalue weighted by Gasteiger charge is 2.31. The van der Waals surface area contributed by atoms with Crippen molar-refractivity contribution in [3.8, 4) is 0 Å². The molecule has 1 atom stereocenters. The van der Waals surface area contributed by atoms with E-state index >= 15 is 0 Å². The summed E-state index contributed by atoms with van der Waals surface area (Å²) in [4.78, 5) is 25.3. The predicted molar refractivity (Wildman–Crippen MR) is 132 cm³/mol. The second kappa shape index (κ2) is 11.9. The fraction of sp³-hybridized carbons (Fsp3) is 0.385. The number of carbonyl (C=O) groups excluding carboxylic acids is 2. The molecule has 1 unspecified atom stereocenters. The van der Waals surface area contributed by atoms with Crippen LogP contribution in [0.25, 0.3) is 6.08 Å². The van der Waals surface area contributed by atoms with E-state index in [1.54, 1.807) is 19.9 Å². The van der Waals surface area contributed by atoms with Crippen LogP contribution in [0, 0.1) is 5.92 Å². The van der Waals surface area contributed by atoms with E-state index < -0.39 is 16.1 Å². The van der Waals surface area contributed by atoms with Gasteiger partial charge in [0.1, 0.15) is 0 Å². The molecule has 182 valence electrons. The van der Waals surface area contributed by atoms with Crippen molar-refractivity contribution >= 4 is 28.0 Å². The van der Waals surface area contributed by atoms with Crippen molar-refractivity contribution in [1.29, 1.82) is 0 Å². The van der Waals surface area contributed by atoms with Crippen molar-refractivity contribution in [2.45, 2.75) is 45.3 Å². The minimum Gasteiger partial charge on any atom is -0.463 e. The lowest BCUT2D eigenvalue weighted by atomic mass is 9.95. The highest BCUT2D eigenvalue weighted by atomic mass is 32.2. The Morgan fingerprint density at radius 2 is 1.62 bits per heavy atom. The van der Waals surface area contributed by atoms with Gasteiger partial charge in [-0.1, -0.05) is 60.7 Å². The van der Waals surface area contributed by atoms with Crippen molar-refractivity contribution in [2.75, 3.05) is 13.1 Å². The first-order valence-corrected chi connectivity index (χ1v) is 13.0. The number of piperidine rings is 1. The van der Waals surface area contributed by atoms with Crippen molar-refractivity contribution in [3.63, 3.8) is 0 Å². The number of nitrogens with zero attached hydrogens (tertiary/aromatic N) is 1. The third kappa shape index (κ3) is 7.53. The van der Waals surface area contributed by atoms with Crippen molar-refractivity contribution in [3.05, 3.63) is 77.2 Å². The summed E-state index contributed by atoms with van der Waals surface area (Å²) in [6.45, 7) is 4.10. The molecule has 1 aliphatic rings. The maximum absolute atomic E-state index is 13.0. The van der Waals surface area contributed by atoms with Gasteiger partial charge in [-0.15, -0.1) is 0 Å². The number of rotatable bonds is 9. The molecule has 1 N–H and O–H groups in total. The largest absolute Gasteiger partial charge is 0.463 e. The highest BCUT2D eigenvalue weighted by molar-refractivity contribution is 7.92. The third-order valence-electron chi connectivity index (χ3n) is 5.67. The molecule has 2 aromatic rings. The van der Waals surface area contributed by atoms with Crippen LogP contribution in [0.2, 0.25) is 0 Å². The van der Waals surface area contributed by atoms with Gasteiger partial charge < -0.3 is 10.1 Å². The van der Waals surface area contributed by atoms with Gasteiger partial charge in [0.25, 0.3) is 0 Å². The summed E-state index contributed by atoms with van der Waals surface area (Å²) in [5, 5.41) is 4.20. The molecule has 1 heterocycles. The molecule has 0 aromatic heterocycles. The first-order chi connectivity index (χ1) is 16.2. The summed E-state index contributed by atoms with van der Waals surface area (Å²) < 4.78 is 32.1. The number of hydrogen-bond acceptors (Lipinski definition) is 5.